The van der Waals surface area contributed by atoms with Gasteiger partial charge in [0.2, 0.25) is 0 Å². The first-order chi connectivity index (χ1) is 25.7. The lowest BCUT2D eigenvalue weighted by molar-refractivity contribution is 1.08. The van der Waals surface area contributed by atoms with E-state index in [-0.39, 0.29) is 0 Å². The Hall–Kier alpha value is -6.34. The molecule has 0 atom stereocenters. The van der Waals surface area contributed by atoms with Crippen molar-refractivity contribution in [3.8, 4) is 44.7 Å². The van der Waals surface area contributed by atoms with Crippen LogP contribution in [0.1, 0.15) is 0 Å². The summed E-state index contributed by atoms with van der Waals surface area (Å²) < 4.78 is 3.65. The number of aromatic nitrogens is 4. The van der Waals surface area contributed by atoms with Crippen LogP contribution in [0.15, 0.2) is 158 Å². The van der Waals surface area contributed by atoms with E-state index in [9.17, 15) is 0 Å². The van der Waals surface area contributed by atoms with Crippen molar-refractivity contribution in [3.63, 3.8) is 0 Å². The normalized spacial score (nSPS) is 11.8. The predicted molar refractivity (Wildman–Crippen MR) is 220 cm³/mol. The minimum absolute atomic E-state index is 0.644. The van der Waals surface area contributed by atoms with Gasteiger partial charge in [-0.25, -0.2) is 19.9 Å². The zero-order valence-electron chi connectivity index (χ0n) is 27.6. The molecule has 242 valence electrons. The first-order valence-electron chi connectivity index (χ1n) is 17.2. The molecular formula is C46H26N4S2. The molecule has 0 amide bonds. The van der Waals surface area contributed by atoms with E-state index < -0.39 is 0 Å². The number of thiazole rings is 1. The first-order valence-corrected chi connectivity index (χ1v) is 18.8. The number of hydrogen-bond donors (Lipinski definition) is 0. The summed E-state index contributed by atoms with van der Waals surface area (Å²) in [6.07, 6.45) is 0. The molecule has 11 rings (SSSR count). The van der Waals surface area contributed by atoms with Crippen LogP contribution >= 0.6 is 22.7 Å². The third-order valence-corrected chi connectivity index (χ3v) is 12.2. The number of thiophene rings is 1. The van der Waals surface area contributed by atoms with Crippen LogP contribution in [0, 0.1) is 0 Å². The van der Waals surface area contributed by atoms with Crippen LogP contribution in [-0.4, -0.2) is 19.9 Å². The lowest BCUT2D eigenvalue weighted by Gasteiger charge is -2.11. The van der Waals surface area contributed by atoms with E-state index >= 15 is 0 Å². The summed E-state index contributed by atoms with van der Waals surface area (Å²) in [5, 5.41) is 10.5. The van der Waals surface area contributed by atoms with E-state index in [1.807, 2.05) is 6.07 Å². The fourth-order valence-corrected chi connectivity index (χ4v) is 9.68. The molecule has 0 aliphatic rings. The molecule has 3 aromatic heterocycles. The van der Waals surface area contributed by atoms with Gasteiger partial charge < -0.3 is 0 Å². The van der Waals surface area contributed by atoms with Gasteiger partial charge in [-0.2, -0.15) is 0 Å². The minimum atomic E-state index is 0.644. The fourth-order valence-electron chi connectivity index (χ4n) is 7.41. The summed E-state index contributed by atoms with van der Waals surface area (Å²) in [5.74, 6) is 1.96. The number of hydrogen-bond acceptors (Lipinski definition) is 6. The predicted octanol–water partition coefficient (Wildman–Crippen LogP) is 13.0. The third kappa shape index (κ3) is 4.73. The number of rotatable bonds is 4. The van der Waals surface area contributed by atoms with Crippen molar-refractivity contribution in [2.45, 2.75) is 0 Å². The second-order valence-electron chi connectivity index (χ2n) is 13.0. The van der Waals surface area contributed by atoms with Crippen molar-refractivity contribution in [1.82, 2.24) is 19.9 Å². The van der Waals surface area contributed by atoms with Gasteiger partial charge in [-0.05, 0) is 57.3 Å². The molecule has 52 heavy (non-hydrogen) atoms. The lowest BCUT2D eigenvalue weighted by atomic mass is 9.99. The highest BCUT2D eigenvalue weighted by atomic mass is 32.1. The molecule has 0 N–H and O–H groups in total. The quantitative estimate of drug-likeness (QED) is 0.172. The highest BCUT2D eigenvalue weighted by molar-refractivity contribution is 7.26. The highest BCUT2D eigenvalue weighted by Gasteiger charge is 2.18. The van der Waals surface area contributed by atoms with Crippen molar-refractivity contribution < 1.29 is 0 Å². The number of fused-ring (bicyclic) bond motifs is 9. The molecule has 0 radical (unpaired) electrons. The summed E-state index contributed by atoms with van der Waals surface area (Å²) in [5.41, 5.74) is 5.04. The van der Waals surface area contributed by atoms with Gasteiger partial charge in [-0.1, -0.05) is 127 Å². The summed E-state index contributed by atoms with van der Waals surface area (Å²) in [4.78, 5) is 20.7. The monoisotopic (exact) mass is 698 g/mol. The largest absolute Gasteiger partial charge is 0.236 e. The van der Waals surface area contributed by atoms with Crippen LogP contribution in [0.25, 0.3) is 107 Å². The van der Waals surface area contributed by atoms with E-state index in [0.717, 1.165) is 48.9 Å². The van der Waals surface area contributed by atoms with Crippen LogP contribution in [0.3, 0.4) is 0 Å². The number of benzene rings is 8. The molecule has 4 nitrogen and oxygen atoms in total. The fraction of sp³-hybridized carbons (Fsp3) is 0. The summed E-state index contributed by atoms with van der Waals surface area (Å²) in [6, 6.07) is 55.6. The van der Waals surface area contributed by atoms with E-state index in [4.69, 9.17) is 19.9 Å². The Morgan fingerprint density at radius 1 is 0.365 bits per heavy atom. The van der Waals surface area contributed by atoms with Gasteiger partial charge in [0.1, 0.15) is 5.01 Å². The number of nitrogens with zero attached hydrogens (tertiary/aromatic N) is 4. The summed E-state index contributed by atoms with van der Waals surface area (Å²) in [7, 11) is 0. The van der Waals surface area contributed by atoms with Crippen LogP contribution in [-0.2, 0) is 0 Å². The van der Waals surface area contributed by atoms with Gasteiger partial charge >= 0.3 is 0 Å². The maximum atomic E-state index is 5.26. The van der Waals surface area contributed by atoms with Gasteiger partial charge in [0, 0.05) is 47.8 Å². The molecule has 11 aromatic rings. The third-order valence-electron chi connectivity index (χ3n) is 9.92. The van der Waals surface area contributed by atoms with Crippen LogP contribution in [0.4, 0.5) is 0 Å². The SMILES string of the molecule is c1ccc(-c2nc3ccc4ccc5ccc(-c6nc(-c7ccc8ccccc8c7)nc(-c7cccc8sc9ccccc9c78)n6)cc5c4c3s2)cc1. The molecule has 0 aliphatic heterocycles. The minimum Gasteiger partial charge on any atom is -0.236 e. The van der Waals surface area contributed by atoms with Gasteiger partial charge in [-0.15, -0.1) is 22.7 Å². The average molecular weight is 699 g/mol. The first kappa shape index (κ1) is 29.4. The van der Waals surface area contributed by atoms with Crippen molar-refractivity contribution in [1.29, 1.82) is 0 Å². The Balaban J connectivity index is 1.16. The van der Waals surface area contributed by atoms with Crippen molar-refractivity contribution >= 4 is 85.4 Å². The Morgan fingerprint density at radius 2 is 1.04 bits per heavy atom. The molecule has 0 bridgehead atoms. The Bertz CT molecular complexity index is 3200. The second kappa shape index (κ2) is 11.6. The average Bonchev–Trinajstić information content (AvgIpc) is 3.83. The zero-order chi connectivity index (χ0) is 34.2. The Morgan fingerprint density at radius 3 is 1.92 bits per heavy atom. The van der Waals surface area contributed by atoms with E-state index in [0.29, 0.717) is 17.5 Å². The zero-order valence-corrected chi connectivity index (χ0v) is 29.2. The van der Waals surface area contributed by atoms with E-state index in [1.54, 1.807) is 22.7 Å². The van der Waals surface area contributed by atoms with Crippen LogP contribution in [0.5, 0.6) is 0 Å². The molecular weight excluding hydrogens is 673 g/mol. The Kier molecular flexibility index (Phi) is 6.56. The van der Waals surface area contributed by atoms with Gasteiger partial charge in [0.15, 0.2) is 17.5 Å². The molecule has 0 unspecified atom stereocenters. The van der Waals surface area contributed by atoms with Gasteiger partial charge in [0.25, 0.3) is 0 Å². The standard InChI is InChI=1S/C46H26N4S2/c1-2-10-30(11-3-1)46-47-37-24-23-29-20-18-28-19-22-33(26-36(28)40(29)42(37)52-46)44-48-43(32-21-17-27-9-4-5-12-31(27)25-32)49-45(50-44)35-14-8-16-39-41(35)34-13-6-7-15-38(34)51-39/h1-26H. The molecule has 0 saturated heterocycles. The summed E-state index contributed by atoms with van der Waals surface area (Å²) >= 11 is 3.55. The highest BCUT2D eigenvalue weighted by Crippen LogP contribution is 2.41. The molecule has 3 heterocycles. The lowest BCUT2D eigenvalue weighted by Crippen LogP contribution is -2.00. The topological polar surface area (TPSA) is 51.6 Å². The van der Waals surface area contributed by atoms with E-state index in [1.165, 1.54) is 41.0 Å². The molecule has 0 saturated carbocycles. The molecule has 6 heteroatoms. The van der Waals surface area contributed by atoms with Crippen molar-refractivity contribution in [3.05, 3.63) is 158 Å². The maximum absolute atomic E-state index is 5.26. The van der Waals surface area contributed by atoms with E-state index in [2.05, 4.69) is 152 Å². The van der Waals surface area contributed by atoms with Gasteiger partial charge in [0.05, 0.1) is 10.2 Å². The molecule has 0 aliphatic carbocycles. The van der Waals surface area contributed by atoms with Crippen LogP contribution in [0.2, 0.25) is 0 Å². The molecule has 8 aromatic carbocycles. The Labute approximate surface area is 306 Å². The van der Waals surface area contributed by atoms with Crippen molar-refractivity contribution in [2.24, 2.45) is 0 Å². The van der Waals surface area contributed by atoms with Crippen LogP contribution < -0.4 is 0 Å². The molecule has 0 fully saturated rings. The molecule has 0 spiro atoms. The van der Waals surface area contributed by atoms with Crippen molar-refractivity contribution in [2.75, 3.05) is 0 Å². The second-order valence-corrected chi connectivity index (χ2v) is 15.1. The smallest absolute Gasteiger partial charge is 0.164 e. The summed E-state index contributed by atoms with van der Waals surface area (Å²) in [6.45, 7) is 0. The van der Waals surface area contributed by atoms with Gasteiger partial charge in [-0.3, -0.25) is 0 Å². The maximum Gasteiger partial charge on any atom is 0.164 e.